The van der Waals surface area contributed by atoms with Crippen LogP contribution in [0, 0.1) is 19.8 Å². The van der Waals surface area contributed by atoms with Crippen LogP contribution in [0.15, 0.2) is 24.7 Å². The molecular formula is C23H29N7O. The van der Waals surface area contributed by atoms with Gasteiger partial charge in [-0.15, -0.1) is 0 Å². The molecule has 5 rings (SSSR count). The van der Waals surface area contributed by atoms with E-state index in [0.29, 0.717) is 12.2 Å². The first-order valence-electron chi connectivity index (χ1n) is 11.1. The lowest BCUT2D eigenvalue weighted by atomic mass is 10.2. The number of aryl methyl sites for hydroxylation is 2. The van der Waals surface area contributed by atoms with Gasteiger partial charge in [0.05, 0.1) is 24.6 Å². The SMILES string of the molecule is Cc1nc(N2CCC(C)C2)ccc1Cn1cnc(C(=O)N[C@@H]2CCc3c2n[nH]c3C)c1. The molecule has 8 nitrogen and oxygen atoms in total. The predicted octanol–water partition coefficient (Wildman–Crippen LogP) is 2.93. The molecule has 0 bridgehead atoms. The standard InChI is InChI=1S/C23H29N7O/c1-14-8-9-30(10-14)21-7-4-17(15(2)25-21)11-29-12-20(24-13-29)23(31)26-19-6-5-18-16(3)27-28-22(18)19/h4,7,12-14,19H,5-6,8-11H2,1-3H3,(H,26,31)(H,27,28)/t14?,19-/m1/s1. The maximum absolute atomic E-state index is 12.7. The largest absolute Gasteiger partial charge is 0.356 e. The van der Waals surface area contributed by atoms with E-state index in [4.69, 9.17) is 4.98 Å². The van der Waals surface area contributed by atoms with Gasteiger partial charge in [0.25, 0.3) is 5.91 Å². The molecule has 4 heterocycles. The van der Waals surface area contributed by atoms with Crippen molar-refractivity contribution in [2.24, 2.45) is 5.92 Å². The molecule has 1 fully saturated rings. The van der Waals surface area contributed by atoms with Gasteiger partial charge in [-0.25, -0.2) is 9.97 Å². The molecule has 1 unspecified atom stereocenters. The Morgan fingerprint density at radius 1 is 1.29 bits per heavy atom. The fraction of sp³-hybridized carbons (Fsp3) is 0.478. The third kappa shape index (κ3) is 3.82. The van der Waals surface area contributed by atoms with Crippen molar-refractivity contribution in [2.75, 3.05) is 18.0 Å². The molecule has 0 radical (unpaired) electrons. The lowest BCUT2D eigenvalue weighted by Gasteiger charge is -2.18. The number of amides is 1. The Labute approximate surface area is 182 Å². The first kappa shape index (κ1) is 19.8. The molecule has 2 aliphatic rings. The summed E-state index contributed by atoms with van der Waals surface area (Å²) >= 11 is 0. The van der Waals surface area contributed by atoms with Gasteiger partial charge in [0.1, 0.15) is 11.5 Å². The van der Waals surface area contributed by atoms with Crippen LogP contribution in [0.5, 0.6) is 0 Å². The summed E-state index contributed by atoms with van der Waals surface area (Å²) in [7, 11) is 0. The van der Waals surface area contributed by atoms with E-state index in [1.165, 1.54) is 12.0 Å². The molecule has 0 aromatic carbocycles. The highest BCUT2D eigenvalue weighted by Crippen LogP contribution is 2.31. The third-order valence-electron chi connectivity index (χ3n) is 6.57. The molecule has 1 amide bonds. The highest BCUT2D eigenvalue weighted by molar-refractivity contribution is 5.92. The van der Waals surface area contributed by atoms with Crippen molar-refractivity contribution in [3.05, 3.63) is 58.6 Å². The van der Waals surface area contributed by atoms with Crippen LogP contribution in [0.3, 0.4) is 0 Å². The quantitative estimate of drug-likeness (QED) is 0.663. The number of rotatable bonds is 5. The predicted molar refractivity (Wildman–Crippen MR) is 118 cm³/mol. The van der Waals surface area contributed by atoms with Crippen molar-refractivity contribution in [1.82, 2.24) is 30.0 Å². The molecule has 1 aliphatic carbocycles. The van der Waals surface area contributed by atoms with Crippen LogP contribution in [-0.2, 0) is 13.0 Å². The zero-order valence-corrected chi connectivity index (χ0v) is 18.4. The number of aromatic nitrogens is 5. The smallest absolute Gasteiger partial charge is 0.272 e. The van der Waals surface area contributed by atoms with E-state index in [2.05, 4.69) is 44.5 Å². The Balaban J connectivity index is 1.24. The number of hydrogen-bond acceptors (Lipinski definition) is 5. The number of fused-ring (bicyclic) bond motifs is 1. The number of anilines is 1. The molecule has 3 aromatic rings. The van der Waals surface area contributed by atoms with Gasteiger partial charge in [-0.2, -0.15) is 5.10 Å². The number of nitrogens with zero attached hydrogens (tertiary/aromatic N) is 5. The summed E-state index contributed by atoms with van der Waals surface area (Å²) in [6, 6.07) is 4.19. The van der Waals surface area contributed by atoms with Crippen LogP contribution >= 0.6 is 0 Å². The minimum absolute atomic E-state index is 0.0510. The maximum Gasteiger partial charge on any atom is 0.272 e. The number of H-pyrrole nitrogens is 1. The fourth-order valence-electron chi connectivity index (χ4n) is 4.70. The van der Waals surface area contributed by atoms with Gasteiger partial charge in [0.2, 0.25) is 0 Å². The molecule has 1 aliphatic heterocycles. The lowest BCUT2D eigenvalue weighted by molar-refractivity contribution is 0.0931. The Bertz CT molecular complexity index is 1120. The average Bonchev–Trinajstić information content (AvgIpc) is 3.52. The normalized spacial score (nSPS) is 20.3. The van der Waals surface area contributed by atoms with Gasteiger partial charge in [0, 0.05) is 30.7 Å². The summed E-state index contributed by atoms with van der Waals surface area (Å²) in [4.78, 5) is 24.2. The molecule has 162 valence electrons. The average molecular weight is 420 g/mol. The van der Waals surface area contributed by atoms with Crippen molar-refractivity contribution < 1.29 is 4.79 Å². The Kier molecular flexibility index (Phi) is 5.00. The topological polar surface area (TPSA) is 91.7 Å². The third-order valence-corrected chi connectivity index (χ3v) is 6.57. The van der Waals surface area contributed by atoms with Crippen LogP contribution < -0.4 is 10.2 Å². The highest BCUT2D eigenvalue weighted by Gasteiger charge is 2.29. The molecule has 0 spiro atoms. The second-order valence-electron chi connectivity index (χ2n) is 8.96. The Hall–Kier alpha value is -3.16. The van der Waals surface area contributed by atoms with Crippen LogP contribution in [0.2, 0.25) is 0 Å². The summed E-state index contributed by atoms with van der Waals surface area (Å²) in [6.07, 6.45) is 6.56. The zero-order valence-electron chi connectivity index (χ0n) is 18.4. The summed E-state index contributed by atoms with van der Waals surface area (Å²) in [5, 5.41) is 10.5. The molecule has 2 atom stereocenters. The van der Waals surface area contributed by atoms with Crippen molar-refractivity contribution in [1.29, 1.82) is 0 Å². The van der Waals surface area contributed by atoms with E-state index < -0.39 is 0 Å². The van der Waals surface area contributed by atoms with Crippen molar-refractivity contribution in [3.8, 4) is 0 Å². The Morgan fingerprint density at radius 2 is 2.16 bits per heavy atom. The van der Waals surface area contributed by atoms with E-state index in [0.717, 1.165) is 60.3 Å². The van der Waals surface area contributed by atoms with Crippen LogP contribution in [0.1, 0.15) is 64.5 Å². The van der Waals surface area contributed by atoms with Crippen molar-refractivity contribution >= 4 is 11.7 Å². The van der Waals surface area contributed by atoms with E-state index in [1.54, 1.807) is 12.5 Å². The first-order valence-corrected chi connectivity index (χ1v) is 11.1. The summed E-state index contributed by atoms with van der Waals surface area (Å²) in [5.41, 5.74) is 5.85. The minimum atomic E-state index is -0.161. The van der Waals surface area contributed by atoms with Crippen molar-refractivity contribution in [2.45, 2.75) is 52.6 Å². The van der Waals surface area contributed by atoms with E-state index in [-0.39, 0.29) is 11.9 Å². The monoisotopic (exact) mass is 419 g/mol. The summed E-state index contributed by atoms with van der Waals surface area (Å²) in [6.45, 7) is 9.15. The van der Waals surface area contributed by atoms with Gasteiger partial charge in [-0.05, 0) is 56.2 Å². The molecule has 3 aromatic heterocycles. The molecule has 2 N–H and O–H groups in total. The molecule has 8 heteroatoms. The second kappa shape index (κ2) is 7.83. The summed E-state index contributed by atoms with van der Waals surface area (Å²) < 4.78 is 1.94. The number of aromatic amines is 1. The van der Waals surface area contributed by atoms with E-state index in [9.17, 15) is 4.79 Å². The van der Waals surface area contributed by atoms with Gasteiger partial charge >= 0.3 is 0 Å². The van der Waals surface area contributed by atoms with Gasteiger partial charge in [-0.3, -0.25) is 9.89 Å². The van der Waals surface area contributed by atoms with Gasteiger partial charge < -0.3 is 14.8 Å². The number of hydrogen-bond donors (Lipinski definition) is 2. The number of imidazole rings is 1. The van der Waals surface area contributed by atoms with E-state index in [1.807, 2.05) is 18.4 Å². The molecule has 31 heavy (non-hydrogen) atoms. The fourth-order valence-corrected chi connectivity index (χ4v) is 4.70. The second-order valence-corrected chi connectivity index (χ2v) is 8.96. The number of carbonyl (C=O) groups is 1. The Morgan fingerprint density at radius 3 is 2.94 bits per heavy atom. The van der Waals surface area contributed by atoms with Crippen LogP contribution in [-0.4, -0.2) is 43.7 Å². The van der Waals surface area contributed by atoms with Gasteiger partial charge in [-0.1, -0.05) is 13.0 Å². The van der Waals surface area contributed by atoms with E-state index >= 15 is 0 Å². The molecule has 1 saturated heterocycles. The molecular weight excluding hydrogens is 390 g/mol. The highest BCUT2D eigenvalue weighted by atomic mass is 16.2. The lowest BCUT2D eigenvalue weighted by Crippen LogP contribution is -2.27. The number of carbonyl (C=O) groups excluding carboxylic acids is 1. The molecule has 0 saturated carbocycles. The maximum atomic E-state index is 12.7. The van der Waals surface area contributed by atoms with Gasteiger partial charge in [0.15, 0.2) is 0 Å². The van der Waals surface area contributed by atoms with Crippen molar-refractivity contribution in [3.63, 3.8) is 0 Å². The van der Waals surface area contributed by atoms with Crippen LogP contribution in [0.4, 0.5) is 5.82 Å². The summed E-state index contributed by atoms with van der Waals surface area (Å²) in [5.74, 6) is 1.62. The number of pyridine rings is 1. The number of nitrogens with one attached hydrogen (secondary N) is 2. The minimum Gasteiger partial charge on any atom is -0.356 e. The first-order chi connectivity index (χ1) is 15.0. The zero-order chi connectivity index (χ0) is 21.5. The van der Waals surface area contributed by atoms with Crippen LogP contribution in [0.25, 0.3) is 0 Å².